The Balaban J connectivity index is 2.00. The Morgan fingerprint density at radius 3 is 2.78 bits per heavy atom. The molecule has 0 radical (unpaired) electrons. The Bertz CT molecular complexity index is 539. The van der Waals surface area contributed by atoms with Crippen LogP contribution in [0.1, 0.15) is 11.1 Å². The summed E-state index contributed by atoms with van der Waals surface area (Å²) in [4.78, 5) is 2.11. The van der Waals surface area contributed by atoms with E-state index in [2.05, 4.69) is 10.00 Å². The maximum absolute atomic E-state index is 12.9. The smallest absolute Gasteiger partial charge is 0.124 e. The van der Waals surface area contributed by atoms with E-state index < -0.39 is 0 Å². The summed E-state index contributed by atoms with van der Waals surface area (Å²) >= 11 is 6.00. The molecule has 18 heavy (non-hydrogen) atoms. The molecule has 0 aliphatic heterocycles. The van der Waals surface area contributed by atoms with Crippen molar-refractivity contribution in [2.75, 3.05) is 7.05 Å². The summed E-state index contributed by atoms with van der Waals surface area (Å²) in [5.74, 6) is -0.307. The van der Waals surface area contributed by atoms with Gasteiger partial charge < -0.3 is 0 Å². The van der Waals surface area contributed by atoms with Crippen molar-refractivity contribution in [2.24, 2.45) is 7.05 Å². The van der Waals surface area contributed by atoms with Gasteiger partial charge in [0.05, 0.1) is 6.20 Å². The van der Waals surface area contributed by atoms with Gasteiger partial charge in [-0.25, -0.2) is 4.39 Å². The normalized spacial score (nSPS) is 11.2. The molecule has 0 saturated carbocycles. The van der Waals surface area contributed by atoms with Crippen molar-refractivity contribution in [3.63, 3.8) is 0 Å². The fourth-order valence-corrected chi connectivity index (χ4v) is 2.09. The first-order valence-electron chi connectivity index (χ1n) is 5.64. The summed E-state index contributed by atoms with van der Waals surface area (Å²) in [5.41, 5.74) is 2.06. The Morgan fingerprint density at radius 2 is 2.17 bits per heavy atom. The second-order valence-electron chi connectivity index (χ2n) is 4.43. The molecule has 2 rings (SSSR count). The van der Waals surface area contributed by atoms with Gasteiger partial charge in [-0.3, -0.25) is 9.58 Å². The minimum Gasteiger partial charge on any atom is -0.298 e. The van der Waals surface area contributed by atoms with Gasteiger partial charge in [-0.1, -0.05) is 17.7 Å². The lowest BCUT2D eigenvalue weighted by Gasteiger charge is -2.16. The van der Waals surface area contributed by atoms with Crippen LogP contribution in [0.4, 0.5) is 4.39 Å². The highest BCUT2D eigenvalue weighted by Crippen LogP contribution is 2.19. The third-order valence-electron chi connectivity index (χ3n) is 2.67. The van der Waals surface area contributed by atoms with Gasteiger partial charge in [0.2, 0.25) is 0 Å². The van der Waals surface area contributed by atoms with Gasteiger partial charge in [-0.2, -0.15) is 5.10 Å². The quantitative estimate of drug-likeness (QED) is 0.849. The summed E-state index contributed by atoms with van der Waals surface area (Å²) in [6, 6.07) is 4.49. The van der Waals surface area contributed by atoms with E-state index in [0.29, 0.717) is 11.6 Å². The highest BCUT2D eigenvalue weighted by Gasteiger charge is 2.07. The first kappa shape index (κ1) is 13.1. The number of aromatic nitrogens is 2. The van der Waals surface area contributed by atoms with E-state index in [1.807, 2.05) is 26.5 Å². The number of benzene rings is 1. The van der Waals surface area contributed by atoms with E-state index in [0.717, 1.165) is 17.7 Å². The molecule has 96 valence electrons. The molecule has 0 spiro atoms. The van der Waals surface area contributed by atoms with Gasteiger partial charge >= 0.3 is 0 Å². The molecule has 0 aliphatic carbocycles. The summed E-state index contributed by atoms with van der Waals surface area (Å²) in [6.07, 6.45) is 3.81. The summed E-state index contributed by atoms with van der Waals surface area (Å²) < 4.78 is 14.7. The van der Waals surface area contributed by atoms with Crippen LogP contribution in [0.5, 0.6) is 0 Å². The van der Waals surface area contributed by atoms with Gasteiger partial charge in [0.1, 0.15) is 5.82 Å². The van der Waals surface area contributed by atoms with Crippen LogP contribution in [0, 0.1) is 5.82 Å². The molecular formula is C13H15ClFN3. The topological polar surface area (TPSA) is 21.1 Å². The molecule has 0 fully saturated rings. The number of halogens is 2. The standard InChI is InChI=1S/C13H15ClFN3/c1-17(7-10-6-16-18(2)8-10)9-11-3-4-12(15)5-13(11)14/h3-6,8H,7,9H2,1-2H3. The van der Waals surface area contributed by atoms with Gasteiger partial charge in [0.25, 0.3) is 0 Å². The second kappa shape index (κ2) is 5.50. The lowest BCUT2D eigenvalue weighted by Crippen LogP contribution is -2.17. The lowest BCUT2D eigenvalue weighted by atomic mass is 10.2. The third kappa shape index (κ3) is 3.31. The van der Waals surface area contributed by atoms with Crippen molar-refractivity contribution < 1.29 is 4.39 Å². The monoisotopic (exact) mass is 267 g/mol. The summed E-state index contributed by atoms with van der Waals surface area (Å²) in [7, 11) is 3.88. The summed E-state index contributed by atoms with van der Waals surface area (Å²) in [6.45, 7) is 1.45. The molecule has 2 aromatic rings. The number of rotatable bonds is 4. The van der Waals surface area contributed by atoms with Gasteiger partial charge in [0.15, 0.2) is 0 Å². The zero-order valence-corrected chi connectivity index (χ0v) is 11.2. The van der Waals surface area contributed by atoms with Crippen LogP contribution in [0.3, 0.4) is 0 Å². The molecule has 1 aromatic carbocycles. The fourth-order valence-electron chi connectivity index (χ4n) is 1.86. The molecule has 3 nitrogen and oxygen atoms in total. The number of hydrogen-bond acceptors (Lipinski definition) is 2. The molecular weight excluding hydrogens is 253 g/mol. The summed E-state index contributed by atoms with van der Waals surface area (Å²) in [5, 5.41) is 4.59. The average Bonchev–Trinajstić information content (AvgIpc) is 2.68. The van der Waals surface area contributed by atoms with E-state index in [-0.39, 0.29) is 5.82 Å². The van der Waals surface area contributed by atoms with Crippen LogP contribution in [0.25, 0.3) is 0 Å². The Labute approximate surface area is 111 Å². The van der Waals surface area contributed by atoms with Gasteiger partial charge in [-0.05, 0) is 24.7 Å². The third-order valence-corrected chi connectivity index (χ3v) is 3.02. The van der Waals surface area contributed by atoms with E-state index in [1.54, 1.807) is 10.7 Å². The Hall–Kier alpha value is -1.39. The molecule has 0 atom stereocenters. The predicted molar refractivity (Wildman–Crippen MR) is 69.8 cm³/mol. The van der Waals surface area contributed by atoms with Crippen molar-refractivity contribution in [2.45, 2.75) is 13.1 Å². The van der Waals surface area contributed by atoms with Crippen LogP contribution in [-0.4, -0.2) is 21.7 Å². The van der Waals surface area contributed by atoms with Crippen LogP contribution >= 0.6 is 11.6 Å². The van der Waals surface area contributed by atoms with E-state index >= 15 is 0 Å². The molecule has 0 unspecified atom stereocenters. The molecule has 1 heterocycles. The SMILES string of the molecule is CN(Cc1cnn(C)c1)Cc1ccc(F)cc1Cl. The zero-order valence-electron chi connectivity index (χ0n) is 10.4. The first-order chi connectivity index (χ1) is 8.54. The molecule has 0 aliphatic rings. The van der Waals surface area contributed by atoms with E-state index in [4.69, 9.17) is 11.6 Å². The molecule has 5 heteroatoms. The van der Waals surface area contributed by atoms with Crippen LogP contribution in [-0.2, 0) is 20.1 Å². The molecule has 0 N–H and O–H groups in total. The Kier molecular flexibility index (Phi) is 3.99. The molecule has 0 saturated heterocycles. The minimum absolute atomic E-state index is 0.307. The fraction of sp³-hybridized carbons (Fsp3) is 0.308. The molecule has 1 aromatic heterocycles. The van der Waals surface area contributed by atoms with E-state index in [1.165, 1.54) is 12.1 Å². The maximum atomic E-state index is 12.9. The van der Waals surface area contributed by atoms with Crippen molar-refractivity contribution in [3.8, 4) is 0 Å². The molecule has 0 amide bonds. The van der Waals surface area contributed by atoms with Crippen LogP contribution in [0.2, 0.25) is 5.02 Å². The van der Waals surface area contributed by atoms with Gasteiger partial charge in [0, 0.05) is 36.9 Å². The van der Waals surface area contributed by atoms with Crippen LogP contribution in [0.15, 0.2) is 30.6 Å². The largest absolute Gasteiger partial charge is 0.298 e. The Morgan fingerprint density at radius 1 is 1.39 bits per heavy atom. The van der Waals surface area contributed by atoms with Crippen LogP contribution < -0.4 is 0 Å². The average molecular weight is 268 g/mol. The number of aryl methyl sites for hydroxylation is 1. The van der Waals surface area contributed by atoms with Crippen molar-refractivity contribution in [1.29, 1.82) is 0 Å². The predicted octanol–water partition coefficient (Wildman–Crippen LogP) is 2.84. The minimum atomic E-state index is -0.307. The second-order valence-corrected chi connectivity index (χ2v) is 4.84. The molecule has 0 bridgehead atoms. The van der Waals surface area contributed by atoms with Gasteiger partial charge in [-0.15, -0.1) is 0 Å². The lowest BCUT2D eigenvalue weighted by molar-refractivity contribution is 0.319. The van der Waals surface area contributed by atoms with Crippen molar-refractivity contribution in [1.82, 2.24) is 14.7 Å². The maximum Gasteiger partial charge on any atom is 0.124 e. The zero-order chi connectivity index (χ0) is 13.1. The highest BCUT2D eigenvalue weighted by molar-refractivity contribution is 6.31. The number of hydrogen-bond donors (Lipinski definition) is 0. The number of nitrogens with zero attached hydrogens (tertiary/aromatic N) is 3. The van der Waals surface area contributed by atoms with E-state index in [9.17, 15) is 4.39 Å². The first-order valence-corrected chi connectivity index (χ1v) is 6.02. The highest BCUT2D eigenvalue weighted by atomic mass is 35.5. The van der Waals surface area contributed by atoms with Crippen molar-refractivity contribution >= 4 is 11.6 Å². The van der Waals surface area contributed by atoms with Crippen molar-refractivity contribution in [3.05, 3.63) is 52.6 Å².